The van der Waals surface area contributed by atoms with Gasteiger partial charge >= 0.3 is 12.4 Å². The summed E-state index contributed by atoms with van der Waals surface area (Å²) < 4.78 is 77.5. The molecule has 46 heavy (non-hydrogen) atoms. The summed E-state index contributed by atoms with van der Waals surface area (Å²) in [5.74, 6) is 0.816. The second kappa shape index (κ2) is 14.5. The molecule has 4 aliphatic heterocycles. The summed E-state index contributed by atoms with van der Waals surface area (Å²) in [6, 6.07) is 11.1. The molecule has 6 nitrogen and oxygen atoms in total. The van der Waals surface area contributed by atoms with Gasteiger partial charge in [-0.2, -0.15) is 26.3 Å². The SMILES string of the molecule is C[C@@H](c1ccc(C(F)(F)F)cc1)N1CC[C@@H]([C@@H]2CC(Br)=NO2)C1.C[C@H](c1ccc(C(F)(F)F)cc1)N1CC[C@@H]([C@@H]2CC(Br)=NO2)C1. The molecule has 0 aromatic heterocycles. The number of halogens is 8. The third-order valence-electron chi connectivity index (χ3n) is 9.41. The lowest BCUT2D eigenvalue weighted by Gasteiger charge is -2.25. The van der Waals surface area contributed by atoms with Gasteiger partial charge in [0.1, 0.15) is 21.4 Å². The van der Waals surface area contributed by atoms with Gasteiger partial charge in [0.25, 0.3) is 0 Å². The highest BCUT2D eigenvalue weighted by Crippen LogP contribution is 2.36. The lowest BCUT2D eigenvalue weighted by molar-refractivity contribution is -0.138. The van der Waals surface area contributed by atoms with Gasteiger partial charge in [-0.25, -0.2) is 0 Å². The van der Waals surface area contributed by atoms with Crippen LogP contribution < -0.4 is 0 Å². The van der Waals surface area contributed by atoms with E-state index in [1.807, 2.05) is 13.8 Å². The van der Waals surface area contributed by atoms with Crippen LogP contribution in [0, 0.1) is 11.8 Å². The fraction of sp³-hybridized carbons (Fsp3) is 0.562. The van der Waals surface area contributed by atoms with Crippen LogP contribution >= 0.6 is 31.9 Å². The Labute approximate surface area is 281 Å². The third-order valence-corrected chi connectivity index (χ3v) is 10.4. The van der Waals surface area contributed by atoms with Crippen LogP contribution in [0.3, 0.4) is 0 Å². The normalized spacial score (nSPS) is 26.9. The van der Waals surface area contributed by atoms with Crippen molar-refractivity contribution in [1.29, 1.82) is 0 Å². The number of nitrogens with zero attached hydrogens (tertiary/aromatic N) is 4. The Morgan fingerprint density at radius 3 is 1.28 bits per heavy atom. The molecular formula is C32H36Br2F6N4O2. The number of benzene rings is 2. The van der Waals surface area contributed by atoms with Crippen LogP contribution in [-0.4, -0.2) is 57.4 Å². The zero-order valence-corrected chi connectivity index (χ0v) is 28.5. The van der Waals surface area contributed by atoms with Crippen LogP contribution in [0.25, 0.3) is 0 Å². The monoisotopic (exact) mass is 780 g/mol. The molecule has 0 N–H and O–H groups in total. The fourth-order valence-electron chi connectivity index (χ4n) is 6.50. The molecule has 0 radical (unpaired) electrons. The fourth-order valence-corrected chi connectivity index (χ4v) is 7.31. The molecule has 14 heteroatoms. The molecule has 6 atom stereocenters. The van der Waals surface area contributed by atoms with Crippen molar-refractivity contribution >= 4 is 41.1 Å². The molecule has 0 amide bonds. The lowest BCUT2D eigenvalue weighted by Crippen LogP contribution is -2.28. The van der Waals surface area contributed by atoms with E-state index in [2.05, 4.69) is 52.0 Å². The van der Waals surface area contributed by atoms with E-state index in [1.54, 1.807) is 24.3 Å². The Bertz CT molecular complexity index is 1280. The van der Waals surface area contributed by atoms with Crippen molar-refractivity contribution in [2.24, 2.45) is 22.1 Å². The van der Waals surface area contributed by atoms with Gasteiger partial charge in [-0.05, 0) is 107 Å². The van der Waals surface area contributed by atoms with E-state index in [4.69, 9.17) is 9.68 Å². The quantitative estimate of drug-likeness (QED) is 0.275. The van der Waals surface area contributed by atoms with E-state index < -0.39 is 23.5 Å². The van der Waals surface area contributed by atoms with E-state index >= 15 is 0 Å². The van der Waals surface area contributed by atoms with Crippen LogP contribution in [0.1, 0.15) is 73.9 Å². The summed E-state index contributed by atoms with van der Waals surface area (Å²) >= 11 is 6.70. The van der Waals surface area contributed by atoms with Crippen molar-refractivity contribution in [2.75, 3.05) is 26.2 Å². The van der Waals surface area contributed by atoms with Gasteiger partial charge in [0.15, 0.2) is 0 Å². The molecule has 4 heterocycles. The van der Waals surface area contributed by atoms with Crippen molar-refractivity contribution < 1.29 is 36.0 Å². The van der Waals surface area contributed by atoms with Crippen LogP contribution in [0.4, 0.5) is 26.3 Å². The number of oxime groups is 2. The molecule has 0 aliphatic carbocycles. The van der Waals surface area contributed by atoms with Crippen molar-refractivity contribution in [2.45, 2.75) is 76.2 Å². The molecule has 2 aromatic carbocycles. The van der Waals surface area contributed by atoms with Crippen LogP contribution in [0.15, 0.2) is 58.8 Å². The van der Waals surface area contributed by atoms with Gasteiger partial charge in [-0.15, -0.1) is 0 Å². The minimum Gasteiger partial charge on any atom is -0.391 e. The first kappa shape index (κ1) is 35.2. The highest BCUT2D eigenvalue weighted by molar-refractivity contribution is 9.18. The lowest BCUT2D eigenvalue weighted by atomic mass is 9.99. The minimum atomic E-state index is -4.28. The predicted molar refractivity (Wildman–Crippen MR) is 171 cm³/mol. The van der Waals surface area contributed by atoms with Crippen molar-refractivity contribution in [3.63, 3.8) is 0 Å². The summed E-state index contributed by atoms with van der Waals surface area (Å²) in [5, 5.41) is 7.86. The molecule has 252 valence electrons. The van der Waals surface area contributed by atoms with E-state index in [-0.39, 0.29) is 24.3 Å². The standard InChI is InChI=1S/2C16H18BrF3N2O/c2*1-10(11-2-4-13(5-3-11)16(18,19)20)22-7-6-12(9-22)14-8-15(17)21-23-14/h2*2-5,10,12,14H,6-9H2,1H3/t10-,12+,14-;10-,12-,14+/m01/s1. The zero-order valence-electron chi connectivity index (χ0n) is 25.4. The average molecular weight is 782 g/mol. The van der Waals surface area contributed by atoms with E-state index in [9.17, 15) is 26.3 Å². The topological polar surface area (TPSA) is 49.7 Å². The summed E-state index contributed by atoms with van der Waals surface area (Å²) in [6.07, 6.45) is -4.72. The Morgan fingerprint density at radius 2 is 1.00 bits per heavy atom. The maximum Gasteiger partial charge on any atom is 0.416 e. The largest absolute Gasteiger partial charge is 0.416 e. The third kappa shape index (κ3) is 8.65. The number of hydrogen-bond donors (Lipinski definition) is 0. The summed E-state index contributed by atoms with van der Waals surface area (Å²) in [6.45, 7) is 7.67. The molecule has 0 bridgehead atoms. The average Bonchev–Trinajstić information content (AvgIpc) is 3.83. The first-order chi connectivity index (χ1) is 21.7. The summed E-state index contributed by atoms with van der Waals surface area (Å²) in [5.41, 5.74) is 0.607. The van der Waals surface area contributed by atoms with Crippen molar-refractivity contribution in [1.82, 2.24) is 9.80 Å². The Kier molecular flexibility index (Phi) is 11.1. The second-order valence-electron chi connectivity index (χ2n) is 12.3. The minimum absolute atomic E-state index is 0.0908. The first-order valence-corrected chi connectivity index (χ1v) is 16.9. The van der Waals surface area contributed by atoms with Crippen LogP contribution in [0.5, 0.6) is 0 Å². The van der Waals surface area contributed by atoms with E-state index in [1.165, 1.54) is 0 Å². The van der Waals surface area contributed by atoms with Gasteiger partial charge < -0.3 is 9.68 Å². The van der Waals surface area contributed by atoms with Gasteiger partial charge in [-0.1, -0.05) is 34.6 Å². The zero-order chi connectivity index (χ0) is 33.2. The Balaban J connectivity index is 0.000000181. The van der Waals surface area contributed by atoms with Gasteiger partial charge in [0, 0.05) is 49.9 Å². The Hall–Kier alpha value is -2.16. The maximum atomic E-state index is 12.6. The van der Waals surface area contributed by atoms with Gasteiger partial charge in [-0.3, -0.25) is 9.80 Å². The number of alkyl halides is 6. The van der Waals surface area contributed by atoms with Crippen molar-refractivity contribution in [3.05, 3.63) is 70.8 Å². The molecule has 2 aromatic rings. The smallest absolute Gasteiger partial charge is 0.391 e. The first-order valence-electron chi connectivity index (χ1n) is 15.3. The molecule has 2 fully saturated rings. The van der Waals surface area contributed by atoms with Gasteiger partial charge in [0.2, 0.25) is 0 Å². The van der Waals surface area contributed by atoms with E-state index in [0.717, 1.165) is 96.5 Å². The van der Waals surface area contributed by atoms with Crippen LogP contribution in [-0.2, 0) is 22.0 Å². The highest BCUT2D eigenvalue weighted by Gasteiger charge is 2.38. The molecule has 2 saturated heterocycles. The summed E-state index contributed by atoms with van der Waals surface area (Å²) in [7, 11) is 0. The molecule has 0 spiro atoms. The highest BCUT2D eigenvalue weighted by atomic mass is 79.9. The molecule has 0 unspecified atom stereocenters. The maximum absolute atomic E-state index is 12.6. The van der Waals surface area contributed by atoms with E-state index in [0.29, 0.717) is 11.8 Å². The number of likely N-dealkylation sites (tertiary alicyclic amines) is 2. The van der Waals surface area contributed by atoms with Crippen molar-refractivity contribution in [3.8, 4) is 0 Å². The summed E-state index contributed by atoms with van der Waals surface area (Å²) in [4.78, 5) is 15.4. The van der Waals surface area contributed by atoms with Crippen LogP contribution in [0.2, 0.25) is 0 Å². The second-order valence-corrected chi connectivity index (χ2v) is 14.1. The number of rotatable bonds is 6. The molecule has 0 saturated carbocycles. The van der Waals surface area contributed by atoms with Gasteiger partial charge in [0.05, 0.1) is 11.1 Å². The predicted octanol–water partition coefficient (Wildman–Crippen LogP) is 9.17. The molecule has 4 aliphatic rings. The Morgan fingerprint density at radius 1 is 0.652 bits per heavy atom. The molecular weight excluding hydrogens is 746 g/mol. The molecule has 6 rings (SSSR count). The number of hydrogen-bond acceptors (Lipinski definition) is 6.